The molecule has 0 radical (unpaired) electrons. The molecule has 0 aromatic carbocycles. The minimum Gasteiger partial charge on any atom is -0.312 e. The summed E-state index contributed by atoms with van der Waals surface area (Å²) in [5.41, 5.74) is 0.404. The molecule has 0 spiro atoms. The molecule has 3 heteroatoms. The molecule has 1 heterocycles. The van der Waals surface area contributed by atoms with Crippen molar-refractivity contribution in [3.63, 3.8) is 0 Å². The average Bonchev–Trinajstić information content (AvgIpc) is 2.43. The van der Waals surface area contributed by atoms with Gasteiger partial charge in [-0.3, -0.25) is 9.79 Å². The number of carbonyl (C=O) groups is 1. The van der Waals surface area contributed by atoms with Crippen LogP contribution in [-0.2, 0) is 4.79 Å². The summed E-state index contributed by atoms with van der Waals surface area (Å²) in [7, 11) is 0. The number of rotatable bonds is 3. The van der Waals surface area contributed by atoms with Gasteiger partial charge in [-0.05, 0) is 19.8 Å². The lowest BCUT2D eigenvalue weighted by Crippen LogP contribution is -2.41. The van der Waals surface area contributed by atoms with Gasteiger partial charge in [0.25, 0.3) is 5.91 Å². The fourth-order valence-corrected chi connectivity index (χ4v) is 1.40. The third-order valence-corrected chi connectivity index (χ3v) is 3.33. The highest BCUT2D eigenvalue weighted by Crippen LogP contribution is 2.27. The Morgan fingerprint density at radius 1 is 1.47 bits per heavy atom. The van der Waals surface area contributed by atoms with Gasteiger partial charge < -0.3 is 5.32 Å². The first-order valence-electron chi connectivity index (χ1n) is 5.35. The number of nitrogens with zero attached hydrogens (tertiary/aromatic N) is 1. The van der Waals surface area contributed by atoms with Crippen LogP contribution < -0.4 is 5.32 Å². The summed E-state index contributed by atoms with van der Waals surface area (Å²) in [5, 5.41) is 2.86. The first kappa shape index (κ1) is 12.0. The van der Waals surface area contributed by atoms with Crippen LogP contribution in [0.15, 0.2) is 17.1 Å². The van der Waals surface area contributed by atoms with E-state index >= 15 is 0 Å². The van der Waals surface area contributed by atoms with Crippen molar-refractivity contribution in [2.24, 2.45) is 16.8 Å². The largest absolute Gasteiger partial charge is 0.312 e. The van der Waals surface area contributed by atoms with Gasteiger partial charge in [0.15, 0.2) is 0 Å². The molecule has 0 fully saturated rings. The summed E-state index contributed by atoms with van der Waals surface area (Å²) in [5.74, 6) is 1.08. The van der Waals surface area contributed by atoms with E-state index in [0.29, 0.717) is 0 Å². The van der Waals surface area contributed by atoms with Crippen LogP contribution >= 0.6 is 0 Å². The molecule has 84 valence electrons. The Labute approximate surface area is 91.7 Å². The van der Waals surface area contributed by atoms with Crippen LogP contribution in [0.5, 0.6) is 0 Å². The van der Waals surface area contributed by atoms with Crippen LogP contribution in [0.4, 0.5) is 0 Å². The average molecular weight is 208 g/mol. The smallest absolute Gasteiger partial charge is 0.253 e. The van der Waals surface area contributed by atoms with Gasteiger partial charge in [-0.1, -0.05) is 32.9 Å². The summed E-state index contributed by atoms with van der Waals surface area (Å²) in [6.45, 7) is 13.7. The van der Waals surface area contributed by atoms with E-state index in [-0.39, 0.29) is 17.7 Å². The molecule has 1 rings (SSSR count). The summed E-state index contributed by atoms with van der Waals surface area (Å²) in [6, 6.07) is 0. The Bertz CT molecular complexity index is 331. The number of nitrogens with one attached hydrogen (secondary N) is 1. The van der Waals surface area contributed by atoms with Crippen molar-refractivity contribution in [2.45, 2.75) is 40.2 Å². The summed E-state index contributed by atoms with van der Waals surface area (Å²) < 4.78 is 0. The second-order valence-corrected chi connectivity index (χ2v) is 4.82. The first-order chi connectivity index (χ1) is 6.79. The van der Waals surface area contributed by atoms with Crippen molar-refractivity contribution in [3.05, 3.63) is 12.2 Å². The highest BCUT2D eigenvalue weighted by atomic mass is 16.2. The van der Waals surface area contributed by atoms with Crippen LogP contribution in [0.2, 0.25) is 0 Å². The van der Waals surface area contributed by atoms with Crippen molar-refractivity contribution < 1.29 is 4.79 Å². The monoisotopic (exact) mass is 208 g/mol. The van der Waals surface area contributed by atoms with Crippen LogP contribution in [0.1, 0.15) is 34.6 Å². The number of hydrogen-bond acceptors (Lipinski definition) is 2. The van der Waals surface area contributed by atoms with E-state index in [2.05, 4.69) is 16.9 Å². The third kappa shape index (κ3) is 1.96. The molecule has 0 bridgehead atoms. The summed E-state index contributed by atoms with van der Waals surface area (Å²) in [6.07, 6.45) is 0. The third-order valence-electron chi connectivity index (χ3n) is 3.33. The first-order valence-corrected chi connectivity index (χ1v) is 5.35. The van der Waals surface area contributed by atoms with Gasteiger partial charge in [-0.15, -0.1) is 0 Å². The molecule has 1 aliphatic heterocycles. The maximum absolute atomic E-state index is 11.8. The van der Waals surface area contributed by atoms with Crippen LogP contribution in [0.25, 0.3) is 0 Å². The van der Waals surface area contributed by atoms with E-state index < -0.39 is 5.54 Å². The van der Waals surface area contributed by atoms with E-state index in [1.807, 2.05) is 34.6 Å². The second kappa shape index (κ2) is 3.80. The van der Waals surface area contributed by atoms with E-state index in [1.54, 1.807) is 0 Å². The predicted octanol–water partition coefficient (Wildman–Crippen LogP) is 2.14. The molecule has 2 unspecified atom stereocenters. The number of hydrogen-bond donors (Lipinski definition) is 1. The molecule has 0 saturated heterocycles. The maximum Gasteiger partial charge on any atom is 0.253 e. The maximum atomic E-state index is 11.8. The van der Waals surface area contributed by atoms with Gasteiger partial charge in [-0.25, -0.2) is 0 Å². The zero-order valence-corrected chi connectivity index (χ0v) is 10.2. The van der Waals surface area contributed by atoms with E-state index in [4.69, 9.17) is 0 Å². The van der Waals surface area contributed by atoms with Gasteiger partial charge >= 0.3 is 0 Å². The van der Waals surface area contributed by atoms with Gasteiger partial charge in [0.1, 0.15) is 11.4 Å². The zero-order valence-electron chi connectivity index (χ0n) is 10.2. The number of amides is 1. The summed E-state index contributed by atoms with van der Waals surface area (Å²) >= 11 is 0. The Hall–Kier alpha value is -1.12. The molecule has 15 heavy (non-hydrogen) atoms. The highest BCUT2D eigenvalue weighted by molar-refractivity contribution is 6.09. The quantitative estimate of drug-likeness (QED) is 0.709. The van der Waals surface area contributed by atoms with Gasteiger partial charge in [0.05, 0.1) is 0 Å². The molecule has 1 N–H and O–H groups in total. The van der Waals surface area contributed by atoms with Crippen molar-refractivity contribution in [2.75, 3.05) is 0 Å². The number of aliphatic imine (C=N–C) groups is 1. The van der Waals surface area contributed by atoms with Crippen LogP contribution in [0.3, 0.4) is 0 Å². The van der Waals surface area contributed by atoms with Crippen molar-refractivity contribution in [1.82, 2.24) is 5.32 Å². The Kier molecular flexibility index (Phi) is 3.03. The normalized spacial score (nSPS) is 27.6. The fraction of sp³-hybridized carbons (Fsp3) is 0.667. The Balaban J connectivity index is 2.99. The fourth-order valence-electron chi connectivity index (χ4n) is 1.40. The number of amidine groups is 1. The molecule has 0 saturated carbocycles. The lowest BCUT2D eigenvalue weighted by Gasteiger charge is -2.21. The molecule has 0 aromatic rings. The zero-order chi connectivity index (χ0) is 11.8. The van der Waals surface area contributed by atoms with Crippen molar-refractivity contribution in [1.29, 1.82) is 0 Å². The van der Waals surface area contributed by atoms with Gasteiger partial charge in [0, 0.05) is 5.92 Å². The van der Waals surface area contributed by atoms with E-state index in [1.165, 1.54) is 0 Å². The molecule has 0 aromatic heterocycles. The lowest BCUT2D eigenvalue weighted by atomic mass is 9.89. The van der Waals surface area contributed by atoms with Crippen molar-refractivity contribution in [3.8, 4) is 0 Å². The Morgan fingerprint density at radius 3 is 2.33 bits per heavy atom. The SMILES string of the molecule is C=C(C)C(C)C1=NC(C)(C(C)C)C(=O)N1. The predicted molar refractivity (Wildman–Crippen MR) is 62.8 cm³/mol. The van der Waals surface area contributed by atoms with Gasteiger partial charge in [-0.2, -0.15) is 0 Å². The molecule has 2 atom stereocenters. The van der Waals surface area contributed by atoms with Gasteiger partial charge in [0.2, 0.25) is 0 Å². The lowest BCUT2D eigenvalue weighted by molar-refractivity contribution is -0.124. The minimum absolute atomic E-state index is 0.000556. The molecule has 3 nitrogen and oxygen atoms in total. The van der Waals surface area contributed by atoms with Crippen LogP contribution in [0, 0.1) is 11.8 Å². The standard InChI is InChI=1S/C12H20N2O/c1-7(2)9(5)10-13-11(15)12(6,14-10)8(3)4/h8-9H,1H2,2-6H3,(H,13,14,15). The topological polar surface area (TPSA) is 41.5 Å². The molecule has 1 amide bonds. The van der Waals surface area contributed by atoms with E-state index in [0.717, 1.165) is 11.4 Å². The molecular formula is C12H20N2O. The molecule has 0 aliphatic carbocycles. The molecular weight excluding hydrogens is 188 g/mol. The summed E-state index contributed by atoms with van der Waals surface area (Å²) in [4.78, 5) is 16.3. The highest BCUT2D eigenvalue weighted by Gasteiger charge is 2.42. The molecule has 1 aliphatic rings. The van der Waals surface area contributed by atoms with E-state index in [9.17, 15) is 4.79 Å². The Morgan fingerprint density at radius 2 is 2.00 bits per heavy atom. The van der Waals surface area contributed by atoms with Crippen LogP contribution in [-0.4, -0.2) is 17.3 Å². The minimum atomic E-state index is -0.612. The van der Waals surface area contributed by atoms with Crippen molar-refractivity contribution >= 4 is 11.7 Å². The second-order valence-electron chi connectivity index (χ2n) is 4.82. The number of carbonyl (C=O) groups excluding carboxylic acids is 1.